The lowest BCUT2D eigenvalue weighted by atomic mass is 10.3. The highest BCUT2D eigenvalue weighted by molar-refractivity contribution is 5.92. The van der Waals surface area contributed by atoms with Gasteiger partial charge in [0.25, 0.3) is 0 Å². The van der Waals surface area contributed by atoms with Gasteiger partial charge >= 0.3 is 0 Å². The van der Waals surface area contributed by atoms with E-state index in [2.05, 4.69) is 21.8 Å². The van der Waals surface area contributed by atoms with E-state index in [4.69, 9.17) is 5.73 Å². The average Bonchev–Trinajstić information content (AvgIpc) is 2.21. The molecule has 0 saturated carbocycles. The second-order valence-electron chi connectivity index (χ2n) is 2.77. The summed E-state index contributed by atoms with van der Waals surface area (Å²) in [7, 11) is 0. The summed E-state index contributed by atoms with van der Waals surface area (Å²) in [4.78, 5) is 6.36. The Morgan fingerprint density at radius 3 is 2.69 bits per heavy atom. The van der Waals surface area contributed by atoms with Gasteiger partial charge in [-0.3, -0.25) is 0 Å². The van der Waals surface area contributed by atoms with Crippen molar-refractivity contribution in [2.24, 2.45) is 10.7 Å². The predicted molar refractivity (Wildman–Crippen MR) is 55.4 cm³/mol. The van der Waals surface area contributed by atoms with Crippen molar-refractivity contribution in [3.05, 3.63) is 25.1 Å². The van der Waals surface area contributed by atoms with E-state index in [0.29, 0.717) is 0 Å². The van der Waals surface area contributed by atoms with Crippen LogP contribution in [0.15, 0.2) is 30.0 Å². The van der Waals surface area contributed by atoms with Gasteiger partial charge in [0.2, 0.25) is 0 Å². The van der Waals surface area contributed by atoms with Crippen LogP contribution in [0.3, 0.4) is 0 Å². The summed E-state index contributed by atoms with van der Waals surface area (Å²) >= 11 is 0. The number of nitrogens with one attached hydrogen (secondary N) is 1. The van der Waals surface area contributed by atoms with Crippen LogP contribution in [-0.2, 0) is 0 Å². The number of amidine groups is 1. The minimum Gasteiger partial charge on any atom is -0.403 e. The molecule has 1 fully saturated rings. The molecule has 0 unspecified atom stereocenters. The van der Waals surface area contributed by atoms with Gasteiger partial charge in [0.05, 0.1) is 0 Å². The highest BCUT2D eigenvalue weighted by atomic mass is 15.2. The standard InChI is InChI=1S/C9H16N4/c1-2-9(12-4-3-10)13-7-5-11-6-8-13/h2-4,11H,1,5-8,10H2/b4-3-,12-9?. The molecule has 1 aliphatic rings. The van der Waals surface area contributed by atoms with Gasteiger partial charge in [-0.15, -0.1) is 0 Å². The lowest BCUT2D eigenvalue weighted by molar-refractivity contribution is 0.359. The Bertz CT molecular complexity index is 214. The normalized spacial score (nSPS) is 19.4. The molecule has 0 aromatic heterocycles. The first-order valence-corrected chi connectivity index (χ1v) is 4.41. The molecule has 0 spiro atoms. The monoisotopic (exact) mass is 180 g/mol. The van der Waals surface area contributed by atoms with E-state index in [-0.39, 0.29) is 0 Å². The molecule has 0 amide bonds. The molecule has 72 valence electrons. The van der Waals surface area contributed by atoms with Crippen molar-refractivity contribution < 1.29 is 0 Å². The van der Waals surface area contributed by atoms with E-state index in [1.54, 1.807) is 12.3 Å². The second-order valence-corrected chi connectivity index (χ2v) is 2.77. The summed E-state index contributed by atoms with van der Waals surface area (Å²) in [5.74, 6) is 0.892. The molecule has 3 N–H and O–H groups in total. The van der Waals surface area contributed by atoms with Crippen LogP contribution in [0.5, 0.6) is 0 Å². The van der Waals surface area contributed by atoms with E-state index in [1.165, 1.54) is 6.20 Å². The van der Waals surface area contributed by atoms with Crippen LogP contribution in [0.1, 0.15) is 0 Å². The highest BCUT2D eigenvalue weighted by Crippen LogP contribution is 1.96. The van der Waals surface area contributed by atoms with Gasteiger partial charge in [0.15, 0.2) is 0 Å². The van der Waals surface area contributed by atoms with Gasteiger partial charge in [-0.1, -0.05) is 6.58 Å². The van der Waals surface area contributed by atoms with Crippen LogP contribution < -0.4 is 11.1 Å². The maximum Gasteiger partial charge on any atom is 0.128 e. The summed E-state index contributed by atoms with van der Waals surface area (Å²) in [5, 5.41) is 3.28. The lowest BCUT2D eigenvalue weighted by Crippen LogP contribution is -2.45. The Kier molecular flexibility index (Phi) is 4.05. The third kappa shape index (κ3) is 2.91. The minimum atomic E-state index is 0.892. The first-order chi connectivity index (χ1) is 6.38. The molecular formula is C9H16N4. The summed E-state index contributed by atoms with van der Waals surface area (Å²) < 4.78 is 0. The van der Waals surface area contributed by atoms with Gasteiger partial charge in [-0.25, -0.2) is 4.99 Å². The first kappa shape index (κ1) is 9.80. The number of nitrogens with zero attached hydrogens (tertiary/aromatic N) is 2. The smallest absolute Gasteiger partial charge is 0.128 e. The minimum absolute atomic E-state index is 0.892. The Balaban J connectivity index is 2.58. The molecule has 1 rings (SSSR count). The molecule has 0 radical (unpaired) electrons. The zero-order valence-electron chi connectivity index (χ0n) is 7.74. The third-order valence-electron chi connectivity index (χ3n) is 1.92. The quantitative estimate of drug-likeness (QED) is 0.461. The van der Waals surface area contributed by atoms with Crippen molar-refractivity contribution in [1.82, 2.24) is 10.2 Å². The molecule has 0 aliphatic carbocycles. The largest absolute Gasteiger partial charge is 0.403 e. The van der Waals surface area contributed by atoms with Crippen LogP contribution in [0.4, 0.5) is 0 Å². The van der Waals surface area contributed by atoms with Crippen LogP contribution in [0, 0.1) is 0 Å². The van der Waals surface area contributed by atoms with Gasteiger partial charge in [0, 0.05) is 38.6 Å². The number of hydrogen-bond donors (Lipinski definition) is 2. The predicted octanol–water partition coefficient (Wildman–Crippen LogP) is -0.0940. The number of piperazine rings is 1. The van der Waals surface area contributed by atoms with Crippen LogP contribution in [-0.4, -0.2) is 36.9 Å². The third-order valence-corrected chi connectivity index (χ3v) is 1.92. The zero-order chi connectivity index (χ0) is 9.52. The summed E-state index contributed by atoms with van der Waals surface area (Å²) in [6, 6.07) is 0. The Morgan fingerprint density at radius 1 is 1.46 bits per heavy atom. The topological polar surface area (TPSA) is 53.6 Å². The fourth-order valence-electron chi connectivity index (χ4n) is 1.28. The lowest BCUT2D eigenvalue weighted by Gasteiger charge is -2.28. The SMILES string of the molecule is C=CC(=N/C=C\N)N1CCNCC1. The van der Waals surface area contributed by atoms with Crippen LogP contribution in [0.25, 0.3) is 0 Å². The van der Waals surface area contributed by atoms with Gasteiger partial charge in [-0.2, -0.15) is 0 Å². The van der Waals surface area contributed by atoms with Crippen molar-refractivity contribution in [2.75, 3.05) is 26.2 Å². The number of hydrogen-bond acceptors (Lipinski definition) is 3. The van der Waals surface area contributed by atoms with Crippen molar-refractivity contribution in [2.45, 2.75) is 0 Å². The molecule has 0 aromatic carbocycles. The van der Waals surface area contributed by atoms with E-state index in [9.17, 15) is 0 Å². The first-order valence-electron chi connectivity index (χ1n) is 4.41. The molecule has 0 atom stereocenters. The fraction of sp³-hybridized carbons (Fsp3) is 0.444. The summed E-state index contributed by atoms with van der Waals surface area (Å²) in [5.41, 5.74) is 5.21. The van der Waals surface area contributed by atoms with Crippen molar-refractivity contribution in [1.29, 1.82) is 0 Å². The van der Waals surface area contributed by atoms with Crippen LogP contribution >= 0.6 is 0 Å². The molecule has 0 bridgehead atoms. The second kappa shape index (κ2) is 5.37. The Labute approximate surface area is 78.8 Å². The number of aliphatic imine (C=N–C) groups is 1. The molecular weight excluding hydrogens is 164 g/mol. The van der Waals surface area contributed by atoms with Crippen molar-refractivity contribution >= 4 is 5.84 Å². The molecule has 4 nitrogen and oxygen atoms in total. The molecule has 0 aromatic rings. The highest BCUT2D eigenvalue weighted by Gasteiger charge is 2.10. The van der Waals surface area contributed by atoms with E-state index >= 15 is 0 Å². The average molecular weight is 180 g/mol. The number of rotatable bonds is 2. The maximum atomic E-state index is 5.21. The zero-order valence-corrected chi connectivity index (χ0v) is 7.74. The Hall–Kier alpha value is -1.29. The van der Waals surface area contributed by atoms with E-state index < -0.39 is 0 Å². The molecule has 13 heavy (non-hydrogen) atoms. The van der Waals surface area contributed by atoms with Gasteiger partial charge in [-0.05, 0) is 6.08 Å². The molecule has 1 heterocycles. The molecule has 4 heteroatoms. The molecule has 1 aliphatic heterocycles. The summed E-state index contributed by atoms with van der Waals surface area (Å²) in [6.07, 6.45) is 4.76. The fourth-order valence-corrected chi connectivity index (χ4v) is 1.28. The van der Waals surface area contributed by atoms with Crippen LogP contribution in [0.2, 0.25) is 0 Å². The van der Waals surface area contributed by atoms with Gasteiger partial charge in [0.1, 0.15) is 5.84 Å². The van der Waals surface area contributed by atoms with Crippen molar-refractivity contribution in [3.63, 3.8) is 0 Å². The van der Waals surface area contributed by atoms with Crippen molar-refractivity contribution in [3.8, 4) is 0 Å². The number of nitrogens with two attached hydrogens (primary N) is 1. The maximum absolute atomic E-state index is 5.21. The van der Waals surface area contributed by atoms with E-state index in [1.807, 2.05) is 0 Å². The van der Waals surface area contributed by atoms with Gasteiger partial charge < -0.3 is 16.0 Å². The molecule has 1 saturated heterocycles. The Morgan fingerprint density at radius 2 is 2.15 bits per heavy atom. The summed E-state index contributed by atoms with van der Waals surface area (Å²) in [6.45, 7) is 7.67. The van der Waals surface area contributed by atoms with E-state index in [0.717, 1.165) is 32.0 Å².